The van der Waals surface area contributed by atoms with Gasteiger partial charge in [-0.2, -0.15) is 0 Å². The first-order valence-corrected chi connectivity index (χ1v) is 10.0. The van der Waals surface area contributed by atoms with Gasteiger partial charge in [0.15, 0.2) is 6.10 Å². The predicted octanol–water partition coefficient (Wildman–Crippen LogP) is 5.58. The van der Waals surface area contributed by atoms with Crippen molar-refractivity contribution >= 4 is 46.4 Å². The van der Waals surface area contributed by atoms with Crippen molar-refractivity contribution in [2.45, 2.75) is 19.4 Å². The maximum absolute atomic E-state index is 12.5. The third-order valence-electron chi connectivity index (χ3n) is 4.17. The summed E-state index contributed by atoms with van der Waals surface area (Å²) in [5.41, 5.74) is 1.86. The number of hydrogen-bond donors (Lipinski definition) is 2. The van der Waals surface area contributed by atoms with Crippen LogP contribution in [0.25, 0.3) is 0 Å². The SMILES string of the molecule is CC(Oc1ccccc1NC(=O)Cc1ccccc1)C(=O)Nc1cc(Cl)cc(Cl)c1. The lowest BCUT2D eigenvalue weighted by Gasteiger charge is -2.18. The van der Waals surface area contributed by atoms with Crippen molar-refractivity contribution in [1.29, 1.82) is 0 Å². The molecule has 1 unspecified atom stereocenters. The zero-order valence-corrected chi connectivity index (χ0v) is 17.7. The van der Waals surface area contributed by atoms with Crippen LogP contribution in [0.3, 0.4) is 0 Å². The molecule has 30 heavy (non-hydrogen) atoms. The van der Waals surface area contributed by atoms with Crippen molar-refractivity contribution in [3.8, 4) is 5.75 Å². The standard InChI is InChI=1S/C23H20Cl2N2O3/c1-15(23(29)26-19-13-17(24)12-18(25)14-19)30-21-10-6-5-9-20(21)27-22(28)11-16-7-3-2-4-8-16/h2-10,12-15H,11H2,1H3,(H,26,29)(H,27,28). The molecular weight excluding hydrogens is 423 g/mol. The lowest BCUT2D eigenvalue weighted by molar-refractivity contribution is -0.122. The molecule has 1 atom stereocenters. The summed E-state index contributed by atoms with van der Waals surface area (Å²) in [6, 6.07) is 21.2. The van der Waals surface area contributed by atoms with Gasteiger partial charge in [0.25, 0.3) is 5.91 Å². The van der Waals surface area contributed by atoms with E-state index in [-0.39, 0.29) is 18.2 Å². The minimum absolute atomic E-state index is 0.178. The summed E-state index contributed by atoms with van der Waals surface area (Å²) in [7, 11) is 0. The van der Waals surface area contributed by atoms with Gasteiger partial charge in [0, 0.05) is 15.7 Å². The molecule has 0 bridgehead atoms. The fourth-order valence-electron chi connectivity index (χ4n) is 2.76. The van der Waals surface area contributed by atoms with Crippen molar-refractivity contribution in [2.75, 3.05) is 10.6 Å². The third-order valence-corrected chi connectivity index (χ3v) is 4.61. The molecule has 0 saturated carbocycles. The number of nitrogens with one attached hydrogen (secondary N) is 2. The molecule has 0 aliphatic carbocycles. The smallest absolute Gasteiger partial charge is 0.265 e. The van der Waals surface area contributed by atoms with Crippen LogP contribution in [0.4, 0.5) is 11.4 Å². The van der Waals surface area contributed by atoms with Gasteiger partial charge in [-0.3, -0.25) is 9.59 Å². The summed E-state index contributed by atoms with van der Waals surface area (Å²) in [6.45, 7) is 1.62. The third kappa shape index (κ3) is 6.24. The minimum Gasteiger partial charge on any atom is -0.479 e. The normalized spacial score (nSPS) is 11.4. The maximum Gasteiger partial charge on any atom is 0.265 e. The van der Waals surface area contributed by atoms with Crippen LogP contribution in [0.2, 0.25) is 10.0 Å². The zero-order valence-electron chi connectivity index (χ0n) is 16.2. The van der Waals surface area contributed by atoms with Crippen LogP contribution >= 0.6 is 23.2 Å². The highest BCUT2D eigenvalue weighted by Crippen LogP contribution is 2.26. The molecule has 0 aliphatic heterocycles. The monoisotopic (exact) mass is 442 g/mol. The Kier molecular flexibility index (Phi) is 7.33. The first kappa shape index (κ1) is 21.7. The second kappa shape index (κ2) is 10.1. The number of para-hydroxylation sites is 2. The van der Waals surface area contributed by atoms with Crippen LogP contribution in [0.1, 0.15) is 12.5 Å². The number of halogens is 2. The topological polar surface area (TPSA) is 67.4 Å². The first-order valence-electron chi connectivity index (χ1n) is 9.27. The summed E-state index contributed by atoms with van der Waals surface area (Å²) in [4.78, 5) is 24.9. The summed E-state index contributed by atoms with van der Waals surface area (Å²) in [5.74, 6) is -0.160. The second-order valence-electron chi connectivity index (χ2n) is 6.61. The lowest BCUT2D eigenvalue weighted by atomic mass is 10.1. The molecule has 0 radical (unpaired) electrons. The van der Waals surface area contributed by atoms with Crippen LogP contribution < -0.4 is 15.4 Å². The van der Waals surface area contributed by atoms with E-state index < -0.39 is 6.10 Å². The van der Waals surface area contributed by atoms with E-state index in [2.05, 4.69) is 10.6 Å². The average molecular weight is 443 g/mol. The number of amides is 2. The van der Waals surface area contributed by atoms with Gasteiger partial charge in [0.05, 0.1) is 12.1 Å². The number of anilines is 2. The quantitative estimate of drug-likeness (QED) is 0.501. The van der Waals surface area contributed by atoms with Crippen molar-refractivity contribution in [3.05, 3.63) is 88.4 Å². The Morgan fingerprint density at radius 2 is 1.53 bits per heavy atom. The first-order chi connectivity index (χ1) is 14.4. The minimum atomic E-state index is -0.824. The van der Waals surface area contributed by atoms with Crippen LogP contribution in [-0.2, 0) is 16.0 Å². The molecule has 0 aromatic heterocycles. The van der Waals surface area contributed by atoms with E-state index in [9.17, 15) is 9.59 Å². The van der Waals surface area contributed by atoms with Crippen LogP contribution in [0.5, 0.6) is 5.75 Å². The molecule has 0 fully saturated rings. The summed E-state index contributed by atoms with van der Waals surface area (Å²) >= 11 is 11.9. The molecule has 7 heteroatoms. The molecule has 2 N–H and O–H groups in total. The Balaban J connectivity index is 1.64. The van der Waals surface area contributed by atoms with Gasteiger partial charge in [-0.05, 0) is 42.8 Å². The van der Waals surface area contributed by atoms with Gasteiger partial charge in [-0.1, -0.05) is 65.7 Å². The summed E-state index contributed by atoms with van der Waals surface area (Å²) in [5, 5.41) is 6.38. The maximum atomic E-state index is 12.5. The number of hydrogen-bond acceptors (Lipinski definition) is 3. The second-order valence-corrected chi connectivity index (χ2v) is 7.49. The van der Waals surface area contributed by atoms with Gasteiger partial charge in [0.1, 0.15) is 5.75 Å². The molecular formula is C23H20Cl2N2O3. The van der Waals surface area contributed by atoms with Crippen LogP contribution in [-0.4, -0.2) is 17.9 Å². The van der Waals surface area contributed by atoms with Gasteiger partial charge in [-0.25, -0.2) is 0 Å². The summed E-state index contributed by atoms with van der Waals surface area (Å²) in [6.07, 6.45) is -0.587. The Hall–Kier alpha value is -3.02. The van der Waals surface area contributed by atoms with E-state index in [1.807, 2.05) is 30.3 Å². The Bertz CT molecular complexity index is 1020. The Morgan fingerprint density at radius 1 is 0.900 bits per heavy atom. The largest absolute Gasteiger partial charge is 0.479 e. The number of rotatable bonds is 7. The van der Waals surface area contributed by atoms with E-state index in [0.29, 0.717) is 27.2 Å². The van der Waals surface area contributed by atoms with Gasteiger partial charge in [-0.15, -0.1) is 0 Å². The van der Waals surface area contributed by atoms with Gasteiger partial charge >= 0.3 is 0 Å². The van der Waals surface area contributed by atoms with E-state index in [1.165, 1.54) is 0 Å². The molecule has 0 heterocycles. The van der Waals surface area contributed by atoms with E-state index >= 15 is 0 Å². The van der Waals surface area contributed by atoms with Crippen molar-refractivity contribution in [3.63, 3.8) is 0 Å². The molecule has 3 aromatic carbocycles. The molecule has 5 nitrogen and oxygen atoms in total. The molecule has 2 amide bonds. The molecule has 154 valence electrons. The molecule has 0 saturated heterocycles. The predicted molar refractivity (Wildman–Crippen MR) is 120 cm³/mol. The molecule has 3 rings (SSSR count). The number of carbonyl (C=O) groups excluding carboxylic acids is 2. The highest BCUT2D eigenvalue weighted by molar-refractivity contribution is 6.35. The van der Waals surface area contributed by atoms with Crippen molar-refractivity contribution < 1.29 is 14.3 Å². The van der Waals surface area contributed by atoms with Gasteiger partial charge < -0.3 is 15.4 Å². The molecule has 3 aromatic rings. The Morgan fingerprint density at radius 3 is 2.23 bits per heavy atom. The fraction of sp³-hybridized carbons (Fsp3) is 0.130. The van der Waals surface area contributed by atoms with E-state index in [4.69, 9.17) is 27.9 Å². The van der Waals surface area contributed by atoms with Crippen molar-refractivity contribution in [2.24, 2.45) is 0 Å². The average Bonchev–Trinajstić information content (AvgIpc) is 2.69. The van der Waals surface area contributed by atoms with Crippen LogP contribution in [0.15, 0.2) is 72.8 Å². The van der Waals surface area contributed by atoms with E-state index in [1.54, 1.807) is 49.4 Å². The zero-order chi connectivity index (χ0) is 21.5. The van der Waals surface area contributed by atoms with Crippen molar-refractivity contribution in [1.82, 2.24) is 0 Å². The Labute approximate surface area is 185 Å². The lowest BCUT2D eigenvalue weighted by Crippen LogP contribution is -2.30. The van der Waals surface area contributed by atoms with E-state index in [0.717, 1.165) is 5.56 Å². The number of ether oxygens (including phenoxy) is 1. The number of carbonyl (C=O) groups is 2. The highest BCUT2D eigenvalue weighted by Gasteiger charge is 2.18. The van der Waals surface area contributed by atoms with Gasteiger partial charge in [0.2, 0.25) is 5.91 Å². The summed E-state index contributed by atoms with van der Waals surface area (Å²) < 4.78 is 5.80. The highest BCUT2D eigenvalue weighted by atomic mass is 35.5. The molecule has 0 spiro atoms. The number of benzene rings is 3. The van der Waals surface area contributed by atoms with Crippen LogP contribution in [0, 0.1) is 0 Å². The molecule has 0 aliphatic rings. The fourth-order valence-corrected chi connectivity index (χ4v) is 3.29.